The van der Waals surface area contributed by atoms with E-state index in [1.54, 1.807) is 12.1 Å². The number of ether oxygens (including phenoxy) is 2. The first-order chi connectivity index (χ1) is 14.5. The summed E-state index contributed by atoms with van der Waals surface area (Å²) < 4.78 is 10.2. The Labute approximate surface area is 176 Å². The summed E-state index contributed by atoms with van der Waals surface area (Å²) in [6.07, 6.45) is 4.40. The van der Waals surface area contributed by atoms with E-state index in [-0.39, 0.29) is 18.6 Å². The molecule has 0 fully saturated rings. The van der Waals surface area contributed by atoms with E-state index in [0.29, 0.717) is 17.0 Å². The summed E-state index contributed by atoms with van der Waals surface area (Å²) in [5.74, 6) is -0.605. The quantitative estimate of drug-likeness (QED) is 0.526. The average Bonchev–Trinajstić information content (AvgIpc) is 2.76. The highest BCUT2D eigenvalue weighted by atomic mass is 16.5. The molecule has 2 aromatic rings. The van der Waals surface area contributed by atoms with Crippen molar-refractivity contribution >= 4 is 23.3 Å². The second kappa shape index (κ2) is 10.1. The Bertz CT molecular complexity index is 951. The second-order valence-electron chi connectivity index (χ2n) is 7.53. The highest BCUT2D eigenvalue weighted by Gasteiger charge is 2.15. The number of carbonyl (C=O) groups excluding carboxylic acids is 3. The van der Waals surface area contributed by atoms with Gasteiger partial charge in [-0.3, -0.25) is 14.4 Å². The molecule has 1 N–H and O–H groups in total. The molecule has 1 aliphatic carbocycles. The number of esters is 1. The van der Waals surface area contributed by atoms with Crippen molar-refractivity contribution in [3.63, 3.8) is 0 Å². The molecule has 0 radical (unpaired) electrons. The predicted octanol–water partition coefficient (Wildman–Crippen LogP) is 4.03. The molecule has 0 aliphatic heterocycles. The second-order valence-corrected chi connectivity index (χ2v) is 7.53. The van der Waals surface area contributed by atoms with Gasteiger partial charge in [0, 0.05) is 12.0 Å². The largest absolute Gasteiger partial charge is 0.495 e. The van der Waals surface area contributed by atoms with Gasteiger partial charge < -0.3 is 14.8 Å². The lowest BCUT2D eigenvalue weighted by Gasteiger charge is -2.16. The summed E-state index contributed by atoms with van der Waals surface area (Å²) in [4.78, 5) is 36.5. The Hall–Kier alpha value is -3.15. The maximum absolute atomic E-state index is 12.4. The zero-order chi connectivity index (χ0) is 21.5. The Morgan fingerprint density at radius 2 is 1.73 bits per heavy atom. The van der Waals surface area contributed by atoms with Crippen LogP contribution in [0.2, 0.25) is 0 Å². The zero-order valence-electron chi connectivity index (χ0n) is 17.5. The number of carbonyl (C=O) groups is 3. The number of nitrogens with one attached hydrogen (secondary N) is 1. The molecule has 0 saturated carbocycles. The fourth-order valence-corrected chi connectivity index (χ4v) is 3.59. The molecule has 0 atom stereocenters. The molecule has 1 aliphatic rings. The number of ketones is 1. The van der Waals surface area contributed by atoms with Gasteiger partial charge in [0.2, 0.25) is 0 Å². The summed E-state index contributed by atoms with van der Waals surface area (Å²) in [7, 11) is 1.51. The standard InChI is InChI=1S/C24H27NO5/c1-16-7-11-22(29-2)20(13-16)25-23(27)15-30-24(28)12-10-21(26)19-9-8-17-5-3-4-6-18(17)14-19/h7-9,11,13-14H,3-6,10,12,15H2,1-2H3,(H,25,27). The normalized spacial score (nSPS) is 12.6. The number of aryl methyl sites for hydroxylation is 3. The minimum atomic E-state index is -0.576. The number of amides is 1. The van der Waals surface area contributed by atoms with E-state index >= 15 is 0 Å². The molecule has 0 spiro atoms. The maximum Gasteiger partial charge on any atom is 0.306 e. The van der Waals surface area contributed by atoms with Crippen molar-refractivity contribution in [3.8, 4) is 5.75 Å². The van der Waals surface area contributed by atoms with Gasteiger partial charge in [0.25, 0.3) is 5.91 Å². The highest BCUT2D eigenvalue weighted by Crippen LogP contribution is 2.25. The third kappa shape index (κ3) is 5.69. The molecule has 0 bridgehead atoms. The van der Waals surface area contributed by atoms with Crippen molar-refractivity contribution in [2.75, 3.05) is 19.0 Å². The van der Waals surface area contributed by atoms with Gasteiger partial charge in [-0.1, -0.05) is 18.2 Å². The summed E-state index contributed by atoms with van der Waals surface area (Å²) in [6.45, 7) is 1.48. The molecule has 6 heteroatoms. The lowest BCUT2D eigenvalue weighted by atomic mass is 9.89. The third-order valence-electron chi connectivity index (χ3n) is 5.22. The minimum absolute atomic E-state index is 0.0586. The molecular weight excluding hydrogens is 382 g/mol. The molecule has 2 aromatic carbocycles. The molecule has 0 saturated heterocycles. The van der Waals surface area contributed by atoms with Crippen LogP contribution in [-0.4, -0.2) is 31.4 Å². The molecule has 0 aromatic heterocycles. The van der Waals surface area contributed by atoms with Crippen LogP contribution in [0.5, 0.6) is 5.75 Å². The summed E-state index contributed by atoms with van der Waals surface area (Å²) >= 11 is 0. The number of methoxy groups -OCH3 is 1. The number of anilines is 1. The highest BCUT2D eigenvalue weighted by molar-refractivity contribution is 5.98. The predicted molar refractivity (Wildman–Crippen MR) is 114 cm³/mol. The van der Waals surface area contributed by atoms with Crippen LogP contribution < -0.4 is 10.1 Å². The third-order valence-corrected chi connectivity index (χ3v) is 5.22. The lowest BCUT2D eigenvalue weighted by Crippen LogP contribution is -2.21. The van der Waals surface area contributed by atoms with Crippen LogP contribution in [-0.2, 0) is 27.2 Å². The molecule has 1 amide bonds. The molecule has 0 heterocycles. The molecular formula is C24H27NO5. The van der Waals surface area contributed by atoms with Gasteiger partial charge in [0.05, 0.1) is 19.2 Å². The van der Waals surface area contributed by atoms with E-state index in [4.69, 9.17) is 9.47 Å². The minimum Gasteiger partial charge on any atom is -0.495 e. The van der Waals surface area contributed by atoms with Gasteiger partial charge in [0.1, 0.15) is 5.75 Å². The molecule has 3 rings (SSSR count). The Morgan fingerprint density at radius 3 is 2.50 bits per heavy atom. The van der Waals surface area contributed by atoms with Crippen LogP contribution in [0, 0.1) is 6.92 Å². The number of Topliss-reactive ketones (excluding diaryl/α,β-unsaturated/α-hetero) is 1. The summed E-state index contributed by atoms with van der Waals surface area (Å²) in [6, 6.07) is 11.2. The molecule has 0 unspecified atom stereocenters. The Balaban J connectivity index is 1.45. The van der Waals surface area contributed by atoms with Crippen molar-refractivity contribution in [3.05, 3.63) is 58.7 Å². The lowest BCUT2D eigenvalue weighted by molar-refractivity contribution is -0.147. The van der Waals surface area contributed by atoms with E-state index in [9.17, 15) is 14.4 Å². The van der Waals surface area contributed by atoms with Gasteiger partial charge in [-0.25, -0.2) is 0 Å². The molecule has 6 nitrogen and oxygen atoms in total. The summed E-state index contributed by atoms with van der Waals surface area (Å²) in [5.41, 5.74) is 4.66. The Kier molecular flexibility index (Phi) is 7.22. The van der Waals surface area contributed by atoms with E-state index in [2.05, 4.69) is 5.32 Å². The van der Waals surface area contributed by atoms with E-state index in [0.717, 1.165) is 24.8 Å². The van der Waals surface area contributed by atoms with Crippen molar-refractivity contribution in [1.29, 1.82) is 0 Å². The first kappa shape index (κ1) is 21.6. The van der Waals surface area contributed by atoms with Crippen LogP contribution in [0.15, 0.2) is 36.4 Å². The van der Waals surface area contributed by atoms with Gasteiger partial charge in [-0.15, -0.1) is 0 Å². The van der Waals surface area contributed by atoms with Gasteiger partial charge in [-0.2, -0.15) is 0 Å². The van der Waals surface area contributed by atoms with E-state index in [1.807, 2.05) is 31.2 Å². The monoisotopic (exact) mass is 409 g/mol. The van der Waals surface area contributed by atoms with Crippen LogP contribution in [0.4, 0.5) is 5.69 Å². The smallest absolute Gasteiger partial charge is 0.306 e. The van der Waals surface area contributed by atoms with Crippen LogP contribution in [0.25, 0.3) is 0 Å². The van der Waals surface area contributed by atoms with Gasteiger partial charge in [0.15, 0.2) is 12.4 Å². The topological polar surface area (TPSA) is 81.7 Å². The molecule has 158 valence electrons. The van der Waals surface area contributed by atoms with Crippen molar-refractivity contribution in [1.82, 2.24) is 0 Å². The fraction of sp³-hybridized carbons (Fsp3) is 0.375. The van der Waals surface area contributed by atoms with E-state index < -0.39 is 18.5 Å². The number of hydrogen-bond donors (Lipinski definition) is 1. The van der Waals surface area contributed by atoms with Crippen molar-refractivity contribution < 1.29 is 23.9 Å². The number of rotatable bonds is 8. The Morgan fingerprint density at radius 1 is 0.967 bits per heavy atom. The number of hydrogen-bond acceptors (Lipinski definition) is 5. The maximum atomic E-state index is 12.4. The van der Waals surface area contributed by atoms with Gasteiger partial charge >= 0.3 is 5.97 Å². The SMILES string of the molecule is COc1ccc(C)cc1NC(=O)COC(=O)CCC(=O)c1ccc2c(c1)CCCC2. The number of benzene rings is 2. The first-order valence-electron chi connectivity index (χ1n) is 10.2. The zero-order valence-corrected chi connectivity index (χ0v) is 17.5. The van der Waals surface area contributed by atoms with Crippen LogP contribution in [0.1, 0.15) is 52.7 Å². The fourth-order valence-electron chi connectivity index (χ4n) is 3.59. The van der Waals surface area contributed by atoms with Crippen molar-refractivity contribution in [2.45, 2.75) is 45.4 Å². The van der Waals surface area contributed by atoms with Gasteiger partial charge in [-0.05, 0) is 67.5 Å². The summed E-state index contributed by atoms with van der Waals surface area (Å²) in [5, 5.41) is 2.67. The van der Waals surface area contributed by atoms with Crippen LogP contribution in [0.3, 0.4) is 0 Å². The van der Waals surface area contributed by atoms with Crippen LogP contribution >= 0.6 is 0 Å². The average molecular weight is 409 g/mol. The first-order valence-corrected chi connectivity index (χ1v) is 10.2. The van der Waals surface area contributed by atoms with E-state index in [1.165, 1.54) is 24.7 Å². The number of fused-ring (bicyclic) bond motifs is 1. The van der Waals surface area contributed by atoms with Crippen molar-refractivity contribution in [2.24, 2.45) is 0 Å². The molecule has 30 heavy (non-hydrogen) atoms.